The number of rotatable bonds is 6. The largest absolute Gasteiger partial charge is 0.493 e. The minimum absolute atomic E-state index is 0.00530. The van der Waals surface area contributed by atoms with Crippen molar-refractivity contribution in [3.8, 4) is 16.7 Å². The van der Waals surface area contributed by atoms with Gasteiger partial charge in [0.05, 0.1) is 6.04 Å². The van der Waals surface area contributed by atoms with E-state index >= 15 is 0 Å². The number of aromatic hydroxyl groups is 1. The normalized spacial score (nSPS) is 16.0. The summed E-state index contributed by atoms with van der Waals surface area (Å²) in [7, 11) is 0. The average Bonchev–Trinajstić information content (AvgIpc) is 3.55. The number of carbonyl (C=O) groups is 1. The van der Waals surface area contributed by atoms with Crippen molar-refractivity contribution in [1.29, 1.82) is 0 Å². The minimum atomic E-state index is -0.896. The van der Waals surface area contributed by atoms with E-state index in [1.807, 2.05) is 0 Å². The van der Waals surface area contributed by atoms with Crippen molar-refractivity contribution in [2.24, 2.45) is 0 Å². The first-order valence-corrected chi connectivity index (χ1v) is 13.3. The molecule has 2 atom stereocenters. The molecule has 1 saturated heterocycles. The van der Waals surface area contributed by atoms with Gasteiger partial charge in [0.25, 0.3) is 11.5 Å². The van der Waals surface area contributed by atoms with E-state index in [1.165, 1.54) is 32.9 Å². The van der Waals surface area contributed by atoms with Crippen molar-refractivity contribution >= 4 is 17.2 Å². The molecule has 1 aliphatic heterocycles. The lowest BCUT2D eigenvalue weighted by atomic mass is 9.99. The summed E-state index contributed by atoms with van der Waals surface area (Å²) in [4.78, 5) is 37.6. The van der Waals surface area contributed by atoms with E-state index in [0.29, 0.717) is 23.7 Å². The number of hydrogen-bond donors (Lipinski definition) is 1. The van der Waals surface area contributed by atoms with E-state index < -0.39 is 40.6 Å². The van der Waals surface area contributed by atoms with Crippen LogP contribution in [0.15, 0.2) is 52.6 Å². The Morgan fingerprint density at radius 1 is 1.10 bits per heavy atom. The van der Waals surface area contributed by atoms with Gasteiger partial charge in [-0.3, -0.25) is 14.2 Å². The first kappa shape index (κ1) is 26.6. The van der Waals surface area contributed by atoms with Crippen LogP contribution in [0.5, 0.6) is 5.88 Å². The summed E-state index contributed by atoms with van der Waals surface area (Å²) in [6.45, 7) is 4.08. The molecule has 0 aliphatic carbocycles. The summed E-state index contributed by atoms with van der Waals surface area (Å²) in [6, 6.07) is 8.13. The standard InChI is InChI=1S/C28H25F3N4O3S/c1-3-22(18-10-20(30)12-21(31)11-18)35-24(26-32-15(2)14-39-26)33-25(36)23(28(35)38)27(37)34-9-8-17(13-34)16-4-6-19(29)7-5-16/h4-7,10-12,14,17,22,36H,3,8-9,13H2,1-2H3/t17?,22-/m0/s1. The third-order valence-corrected chi connectivity index (χ3v) is 7.86. The van der Waals surface area contributed by atoms with Gasteiger partial charge in [-0.15, -0.1) is 11.3 Å². The first-order chi connectivity index (χ1) is 18.7. The zero-order chi connectivity index (χ0) is 27.8. The second kappa shape index (κ2) is 10.6. The van der Waals surface area contributed by atoms with E-state index in [9.17, 15) is 27.9 Å². The Morgan fingerprint density at radius 3 is 2.41 bits per heavy atom. The Labute approximate surface area is 226 Å². The third kappa shape index (κ3) is 5.18. The molecule has 0 saturated carbocycles. The number of nitrogens with zero attached hydrogens (tertiary/aromatic N) is 4. The number of likely N-dealkylation sites (tertiary alicyclic amines) is 1. The van der Waals surface area contributed by atoms with Crippen LogP contribution >= 0.6 is 11.3 Å². The van der Waals surface area contributed by atoms with Crippen LogP contribution in [0.3, 0.4) is 0 Å². The maximum absolute atomic E-state index is 14.2. The maximum Gasteiger partial charge on any atom is 0.271 e. The van der Waals surface area contributed by atoms with Gasteiger partial charge in [-0.2, -0.15) is 4.98 Å². The molecular formula is C28H25F3N4O3S. The van der Waals surface area contributed by atoms with Crippen molar-refractivity contribution in [2.75, 3.05) is 13.1 Å². The maximum atomic E-state index is 14.2. The fourth-order valence-electron chi connectivity index (χ4n) is 5.05. The molecule has 7 nitrogen and oxygen atoms in total. The van der Waals surface area contributed by atoms with E-state index in [0.717, 1.165) is 23.8 Å². The molecule has 1 unspecified atom stereocenters. The Bertz CT molecular complexity index is 1580. The molecule has 1 aliphatic rings. The van der Waals surface area contributed by atoms with Crippen molar-refractivity contribution in [2.45, 2.75) is 38.6 Å². The van der Waals surface area contributed by atoms with Crippen molar-refractivity contribution < 1.29 is 23.1 Å². The van der Waals surface area contributed by atoms with E-state index in [-0.39, 0.29) is 36.1 Å². The molecule has 39 heavy (non-hydrogen) atoms. The molecular weight excluding hydrogens is 529 g/mol. The quantitative estimate of drug-likeness (QED) is 0.344. The van der Waals surface area contributed by atoms with Crippen LogP contribution in [-0.2, 0) is 0 Å². The molecule has 0 bridgehead atoms. The number of hydrogen-bond acceptors (Lipinski definition) is 6. The average molecular weight is 555 g/mol. The van der Waals surface area contributed by atoms with Crippen LogP contribution in [0.1, 0.15) is 58.9 Å². The Morgan fingerprint density at radius 2 is 1.79 bits per heavy atom. The number of carbonyl (C=O) groups excluding carboxylic acids is 1. The smallest absolute Gasteiger partial charge is 0.271 e. The first-order valence-electron chi connectivity index (χ1n) is 12.4. The van der Waals surface area contributed by atoms with Crippen LogP contribution in [-0.4, -0.2) is 43.5 Å². The lowest BCUT2D eigenvalue weighted by Gasteiger charge is -2.24. The van der Waals surface area contributed by atoms with Crippen LogP contribution in [0, 0.1) is 24.4 Å². The molecule has 202 valence electrons. The van der Waals surface area contributed by atoms with Gasteiger partial charge >= 0.3 is 0 Å². The predicted octanol–water partition coefficient (Wildman–Crippen LogP) is 5.43. The van der Waals surface area contributed by atoms with Crippen LogP contribution in [0.2, 0.25) is 0 Å². The summed E-state index contributed by atoms with van der Waals surface area (Å²) in [5, 5.41) is 12.9. The zero-order valence-electron chi connectivity index (χ0n) is 21.2. The van der Waals surface area contributed by atoms with Crippen LogP contribution < -0.4 is 5.56 Å². The lowest BCUT2D eigenvalue weighted by Crippen LogP contribution is -2.38. The third-order valence-electron chi connectivity index (χ3n) is 6.91. The second-order valence-electron chi connectivity index (χ2n) is 9.52. The predicted molar refractivity (Wildman–Crippen MR) is 140 cm³/mol. The van der Waals surface area contributed by atoms with Gasteiger partial charge in [0.15, 0.2) is 16.4 Å². The Kier molecular flexibility index (Phi) is 7.26. The SMILES string of the molecule is CC[C@@H](c1cc(F)cc(F)c1)n1c(-c2nc(C)cs2)nc(O)c(C(=O)N2CCC(c3ccc(F)cc3)C2)c1=O. The van der Waals surface area contributed by atoms with Gasteiger partial charge in [0.1, 0.15) is 17.5 Å². The van der Waals surface area contributed by atoms with Gasteiger partial charge in [0, 0.05) is 36.1 Å². The second-order valence-corrected chi connectivity index (χ2v) is 10.4. The minimum Gasteiger partial charge on any atom is -0.493 e. The molecule has 4 aromatic rings. The van der Waals surface area contributed by atoms with Crippen molar-refractivity contribution in [1.82, 2.24) is 19.4 Å². The Balaban J connectivity index is 1.60. The van der Waals surface area contributed by atoms with Gasteiger partial charge in [-0.05, 0) is 55.2 Å². The summed E-state index contributed by atoms with van der Waals surface area (Å²) in [5.41, 5.74) is 0.332. The molecule has 1 fully saturated rings. The molecule has 1 amide bonds. The number of aryl methyl sites for hydroxylation is 1. The molecule has 2 aromatic carbocycles. The van der Waals surface area contributed by atoms with Gasteiger partial charge in [-0.1, -0.05) is 19.1 Å². The highest BCUT2D eigenvalue weighted by Gasteiger charge is 2.34. The summed E-state index contributed by atoms with van der Waals surface area (Å²) >= 11 is 1.19. The highest BCUT2D eigenvalue weighted by atomic mass is 32.1. The summed E-state index contributed by atoms with van der Waals surface area (Å²) in [6.07, 6.45) is 0.826. The van der Waals surface area contributed by atoms with Crippen LogP contribution in [0.4, 0.5) is 13.2 Å². The number of benzene rings is 2. The molecule has 1 N–H and O–H groups in total. The lowest BCUT2D eigenvalue weighted by molar-refractivity contribution is 0.0784. The monoisotopic (exact) mass is 554 g/mol. The van der Waals surface area contributed by atoms with Gasteiger partial charge < -0.3 is 10.0 Å². The number of halogens is 3. The van der Waals surface area contributed by atoms with Crippen molar-refractivity contribution in [3.05, 3.63) is 98.0 Å². The van der Waals surface area contributed by atoms with E-state index in [1.54, 1.807) is 31.4 Å². The van der Waals surface area contributed by atoms with E-state index in [4.69, 9.17) is 0 Å². The van der Waals surface area contributed by atoms with Crippen LogP contribution in [0.25, 0.3) is 10.8 Å². The van der Waals surface area contributed by atoms with Gasteiger partial charge in [-0.25, -0.2) is 18.2 Å². The zero-order valence-corrected chi connectivity index (χ0v) is 22.0. The summed E-state index contributed by atoms with van der Waals surface area (Å²) < 4.78 is 42.9. The Hall–Kier alpha value is -3.99. The fourth-order valence-corrected chi connectivity index (χ4v) is 5.83. The van der Waals surface area contributed by atoms with Crippen molar-refractivity contribution in [3.63, 3.8) is 0 Å². The molecule has 2 aromatic heterocycles. The molecule has 5 rings (SSSR count). The highest BCUT2D eigenvalue weighted by molar-refractivity contribution is 7.13. The molecule has 11 heteroatoms. The summed E-state index contributed by atoms with van der Waals surface area (Å²) in [5.74, 6) is -3.50. The number of thiazole rings is 1. The molecule has 0 radical (unpaired) electrons. The molecule has 3 heterocycles. The number of amides is 1. The molecule has 0 spiro atoms. The number of aromatic nitrogens is 3. The topological polar surface area (TPSA) is 88.3 Å². The highest BCUT2D eigenvalue weighted by Crippen LogP contribution is 2.33. The fraction of sp³-hybridized carbons (Fsp3) is 0.286. The van der Waals surface area contributed by atoms with Gasteiger partial charge in [0.2, 0.25) is 5.88 Å². The van der Waals surface area contributed by atoms with E-state index in [2.05, 4.69) is 9.97 Å².